The van der Waals surface area contributed by atoms with Crippen molar-refractivity contribution in [1.82, 2.24) is 9.80 Å². The third-order valence-corrected chi connectivity index (χ3v) is 5.62. The van der Waals surface area contributed by atoms with Gasteiger partial charge in [-0.15, -0.1) is 0 Å². The van der Waals surface area contributed by atoms with Crippen molar-refractivity contribution in [2.75, 3.05) is 31.6 Å². The molecule has 1 heterocycles. The van der Waals surface area contributed by atoms with Gasteiger partial charge < -0.3 is 19.9 Å². The van der Waals surface area contributed by atoms with E-state index < -0.39 is 0 Å². The number of anilines is 1. The van der Waals surface area contributed by atoms with E-state index in [1.54, 1.807) is 46.2 Å². The number of carbonyl (C=O) groups excluding carboxylic acids is 2. The summed E-state index contributed by atoms with van der Waals surface area (Å²) in [6, 6.07) is 12.0. The summed E-state index contributed by atoms with van der Waals surface area (Å²) in [5, 5.41) is 3.83. The summed E-state index contributed by atoms with van der Waals surface area (Å²) in [7, 11) is 0. The van der Waals surface area contributed by atoms with E-state index in [0.29, 0.717) is 54.1 Å². The highest BCUT2D eigenvalue weighted by molar-refractivity contribution is 6.42. The second-order valence-electron chi connectivity index (χ2n) is 7.39. The third-order valence-electron chi connectivity index (χ3n) is 4.88. The largest absolute Gasteiger partial charge is 0.378 e. The average Bonchev–Trinajstić information content (AvgIpc) is 2.74. The van der Waals surface area contributed by atoms with Gasteiger partial charge in [0.25, 0.3) is 5.91 Å². The highest BCUT2D eigenvalue weighted by atomic mass is 35.5. The lowest BCUT2D eigenvalue weighted by Gasteiger charge is -2.28. The van der Waals surface area contributed by atoms with Crippen molar-refractivity contribution in [3.8, 4) is 0 Å². The highest BCUT2D eigenvalue weighted by Crippen LogP contribution is 2.24. The first-order valence-electron chi connectivity index (χ1n) is 9.84. The summed E-state index contributed by atoms with van der Waals surface area (Å²) in [5.74, 6) is -0.0640. The molecule has 1 aliphatic rings. The number of nitrogens with one attached hydrogen (secondary N) is 1. The summed E-state index contributed by atoms with van der Waals surface area (Å²) >= 11 is 12.1. The fraction of sp³-hybridized carbons (Fsp3) is 0.364. The smallest absolute Gasteiger partial charge is 0.322 e. The van der Waals surface area contributed by atoms with E-state index in [2.05, 4.69) is 5.32 Å². The van der Waals surface area contributed by atoms with Gasteiger partial charge in [0.15, 0.2) is 0 Å². The standard InChI is InChI=1S/C22H25Cl2N3O3/c1-15(2)27(14-16-6-7-19(23)20(24)12-16)22(29)25-18-5-3-4-17(13-18)21(28)26-8-10-30-11-9-26/h3-7,12-13,15H,8-11,14H2,1-2H3,(H,25,29). The maximum atomic E-state index is 12.9. The van der Waals surface area contributed by atoms with Crippen molar-refractivity contribution >= 4 is 40.8 Å². The molecular weight excluding hydrogens is 425 g/mol. The summed E-state index contributed by atoms with van der Waals surface area (Å²) in [6.07, 6.45) is 0. The zero-order chi connectivity index (χ0) is 21.7. The SMILES string of the molecule is CC(C)N(Cc1ccc(Cl)c(Cl)c1)C(=O)Nc1cccc(C(=O)N2CCOCC2)c1. The van der Waals surface area contributed by atoms with Gasteiger partial charge in [0.2, 0.25) is 0 Å². The Morgan fingerprint density at radius 2 is 1.83 bits per heavy atom. The summed E-state index contributed by atoms with van der Waals surface area (Å²) in [6.45, 7) is 6.48. The Hall–Kier alpha value is -2.28. The van der Waals surface area contributed by atoms with Crippen LogP contribution in [0.3, 0.4) is 0 Å². The summed E-state index contributed by atoms with van der Waals surface area (Å²) in [4.78, 5) is 29.1. The fourth-order valence-electron chi connectivity index (χ4n) is 3.20. The van der Waals surface area contributed by atoms with Crippen molar-refractivity contribution in [1.29, 1.82) is 0 Å². The molecular formula is C22H25Cl2N3O3. The Labute approximate surface area is 186 Å². The summed E-state index contributed by atoms with van der Waals surface area (Å²) in [5.41, 5.74) is 1.98. The zero-order valence-corrected chi connectivity index (χ0v) is 18.5. The van der Waals surface area contributed by atoms with Crippen LogP contribution in [0.1, 0.15) is 29.8 Å². The lowest BCUT2D eigenvalue weighted by atomic mass is 10.1. The molecule has 2 aromatic carbocycles. The van der Waals surface area contributed by atoms with Gasteiger partial charge in [0.1, 0.15) is 0 Å². The van der Waals surface area contributed by atoms with Gasteiger partial charge >= 0.3 is 6.03 Å². The van der Waals surface area contributed by atoms with Crippen LogP contribution in [-0.2, 0) is 11.3 Å². The van der Waals surface area contributed by atoms with E-state index in [1.165, 1.54) is 0 Å². The molecule has 2 aromatic rings. The number of ether oxygens (including phenoxy) is 1. The van der Waals surface area contributed by atoms with Crippen molar-refractivity contribution in [3.63, 3.8) is 0 Å². The van der Waals surface area contributed by atoms with Gasteiger partial charge in [-0.2, -0.15) is 0 Å². The van der Waals surface area contributed by atoms with Gasteiger partial charge in [0, 0.05) is 36.9 Å². The molecule has 160 valence electrons. The van der Waals surface area contributed by atoms with Crippen molar-refractivity contribution < 1.29 is 14.3 Å². The Bertz CT molecular complexity index is 914. The molecule has 0 radical (unpaired) electrons. The molecule has 1 N–H and O–H groups in total. The van der Waals surface area contributed by atoms with E-state index in [0.717, 1.165) is 5.56 Å². The molecule has 1 fully saturated rings. The van der Waals surface area contributed by atoms with Gasteiger partial charge in [-0.25, -0.2) is 4.79 Å². The number of benzene rings is 2. The van der Waals surface area contributed by atoms with Crippen molar-refractivity contribution in [3.05, 3.63) is 63.6 Å². The van der Waals surface area contributed by atoms with Gasteiger partial charge in [0.05, 0.1) is 23.3 Å². The molecule has 0 aromatic heterocycles. The average molecular weight is 450 g/mol. The lowest BCUT2D eigenvalue weighted by Crippen LogP contribution is -2.41. The normalized spacial score (nSPS) is 14.0. The fourth-order valence-corrected chi connectivity index (χ4v) is 3.52. The maximum Gasteiger partial charge on any atom is 0.322 e. The minimum Gasteiger partial charge on any atom is -0.378 e. The third kappa shape index (κ3) is 5.65. The molecule has 0 spiro atoms. The molecule has 0 aliphatic carbocycles. The first-order chi connectivity index (χ1) is 14.3. The molecule has 0 unspecified atom stereocenters. The second-order valence-corrected chi connectivity index (χ2v) is 8.20. The maximum absolute atomic E-state index is 12.9. The molecule has 30 heavy (non-hydrogen) atoms. The molecule has 1 aliphatic heterocycles. The van der Waals surface area contributed by atoms with Crippen LogP contribution < -0.4 is 5.32 Å². The van der Waals surface area contributed by atoms with Crippen LogP contribution in [0.2, 0.25) is 10.0 Å². The molecule has 6 nitrogen and oxygen atoms in total. The van der Waals surface area contributed by atoms with E-state index >= 15 is 0 Å². The lowest BCUT2D eigenvalue weighted by molar-refractivity contribution is 0.0303. The Balaban J connectivity index is 1.71. The zero-order valence-electron chi connectivity index (χ0n) is 17.0. The van der Waals surface area contributed by atoms with Crippen molar-refractivity contribution in [2.45, 2.75) is 26.4 Å². The quantitative estimate of drug-likeness (QED) is 0.705. The van der Waals surface area contributed by atoms with Crippen LogP contribution in [0.5, 0.6) is 0 Å². The van der Waals surface area contributed by atoms with Crippen molar-refractivity contribution in [2.24, 2.45) is 0 Å². The number of hydrogen-bond acceptors (Lipinski definition) is 3. The van der Waals surface area contributed by atoms with Gasteiger partial charge in [-0.05, 0) is 49.7 Å². The van der Waals surface area contributed by atoms with Crippen LogP contribution in [0, 0.1) is 0 Å². The number of halogens is 2. The number of amides is 3. The first kappa shape index (κ1) is 22.4. The van der Waals surface area contributed by atoms with Gasteiger partial charge in [-0.1, -0.05) is 35.3 Å². The first-order valence-corrected chi connectivity index (χ1v) is 10.6. The van der Waals surface area contributed by atoms with E-state index in [1.807, 2.05) is 19.9 Å². The molecule has 0 saturated carbocycles. The molecule has 3 amide bonds. The molecule has 0 atom stereocenters. The summed E-state index contributed by atoms with van der Waals surface area (Å²) < 4.78 is 5.30. The predicted molar refractivity (Wildman–Crippen MR) is 119 cm³/mol. The molecule has 0 bridgehead atoms. The second kappa shape index (κ2) is 10.2. The molecule has 8 heteroatoms. The molecule has 3 rings (SSSR count). The minimum absolute atomic E-state index is 0.0439. The topological polar surface area (TPSA) is 61.9 Å². The number of rotatable bonds is 5. The van der Waals surface area contributed by atoms with E-state index in [9.17, 15) is 9.59 Å². The molecule has 1 saturated heterocycles. The van der Waals surface area contributed by atoms with Crippen LogP contribution in [-0.4, -0.2) is 54.1 Å². The Kier molecular flexibility index (Phi) is 7.58. The van der Waals surface area contributed by atoms with Crippen LogP contribution in [0.15, 0.2) is 42.5 Å². The predicted octanol–water partition coefficient (Wildman–Crippen LogP) is 4.91. The minimum atomic E-state index is -0.257. The number of carbonyl (C=O) groups is 2. The van der Waals surface area contributed by atoms with E-state index in [-0.39, 0.29) is 18.0 Å². The number of urea groups is 1. The monoisotopic (exact) mass is 449 g/mol. The van der Waals surface area contributed by atoms with Crippen LogP contribution in [0.25, 0.3) is 0 Å². The Morgan fingerprint density at radius 3 is 2.50 bits per heavy atom. The number of nitrogens with zero attached hydrogens (tertiary/aromatic N) is 2. The van der Waals surface area contributed by atoms with E-state index in [4.69, 9.17) is 27.9 Å². The number of morpholine rings is 1. The van der Waals surface area contributed by atoms with Crippen LogP contribution >= 0.6 is 23.2 Å². The highest BCUT2D eigenvalue weighted by Gasteiger charge is 2.21. The Morgan fingerprint density at radius 1 is 1.10 bits per heavy atom. The van der Waals surface area contributed by atoms with Gasteiger partial charge in [-0.3, -0.25) is 4.79 Å². The number of hydrogen-bond donors (Lipinski definition) is 1. The van der Waals surface area contributed by atoms with Crippen LogP contribution in [0.4, 0.5) is 10.5 Å².